The minimum absolute atomic E-state index is 0.356. The van der Waals surface area contributed by atoms with Gasteiger partial charge in [-0.15, -0.1) is 0 Å². The summed E-state index contributed by atoms with van der Waals surface area (Å²) in [6, 6.07) is 9.98. The van der Waals surface area contributed by atoms with Crippen molar-refractivity contribution in [2.75, 3.05) is 0 Å². The van der Waals surface area contributed by atoms with E-state index in [0.717, 1.165) is 16.0 Å². The maximum Gasteiger partial charge on any atom is 0.134 e. The van der Waals surface area contributed by atoms with E-state index in [-0.39, 0.29) is 0 Å². The maximum absolute atomic E-state index is 6.03. The summed E-state index contributed by atoms with van der Waals surface area (Å²) in [6.45, 7) is 4.20. The van der Waals surface area contributed by atoms with E-state index in [4.69, 9.17) is 11.6 Å². The van der Waals surface area contributed by atoms with E-state index in [9.17, 15) is 0 Å². The molecule has 4 heteroatoms. The number of hydrogen-bond donors (Lipinski definition) is 0. The Morgan fingerprint density at radius 3 is 2.44 bits per heavy atom. The molecule has 2 nitrogen and oxygen atoms in total. The van der Waals surface area contributed by atoms with Crippen LogP contribution in [0.4, 0.5) is 0 Å². The lowest BCUT2D eigenvalue weighted by molar-refractivity contribution is 0.791. The van der Waals surface area contributed by atoms with Gasteiger partial charge in [0.15, 0.2) is 0 Å². The van der Waals surface area contributed by atoms with Gasteiger partial charge in [-0.3, -0.25) is 0 Å². The highest BCUT2D eigenvalue weighted by molar-refractivity contribution is 9.10. The van der Waals surface area contributed by atoms with Crippen LogP contribution in [0.1, 0.15) is 36.8 Å². The fourth-order valence-electron chi connectivity index (χ4n) is 1.64. The van der Waals surface area contributed by atoms with Crippen LogP contribution < -0.4 is 0 Å². The SMILES string of the molecule is CC(C)c1cc(Cl)nc(Cc2ccc(Br)cc2)n1. The van der Waals surface area contributed by atoms with E-state index >= 15 is 0 Å². The van der Waals surface area contributed by atoms with Crippen LogP contribution in [0.15, 0.2) is 34.8 Å². The molecule has 0 unspecified atom stereocenters. The van der Waals surface area contributed by atoms with Gasteiger partial charge in [-0.1, -0.05) is 53.5 Å². The highest BCUT2D eigenvalue weighted by Gasteiger charge is 2.07. The lowest BCUT2D eigenvalue weighted by atomic mass is 10.1. The highest BCUT2D eigenvalue weighted by Crippen LogP contribution is 2.18. The van der Waals surface area contributed by atoms with Crippen molar-refractivity contribution < 1.29 is 0 Å². The summed E-state index contributed by atoms with van der Waals surface area (Å²) in [4.78, 5) is 8.82. The third-order valence-electron chi connectivity index (χ3n) is 2.63. The normalized spacial score (nSPS) is 10.9. The first-order valence-electron chi connectivity index (χ1n) is 5.82. The van der Waals surface area contributed by atoms with Crippen LogP contribution in [0.25, 0.3) is 0 Å². The second-order valence-corrected chi connectivity index (χ2v) is 5.79. The molecule has 0 aliphatic rings. The summed E-state index contributed by atoms with van der Waals surface area (Å²) >= 11 is 9.45. The largest absolute Gasteiger partial charge is 0.237 e. The molecule has 0 fully saturated rings. The van der Waals surface area contributed by atoms with Crippen LogP contribution in [0.2, 0.25) is 5.15 Å². The number of halogens is 2. The van der Waals surface area contributed by atoms with E-state index in [0.29, 0.717) is 17.5 Å². The summed E-state index contributed by atoms with van der Waals surface area (Å²) in [5, 5.41) is 0.515. The molecule has 0 saturated carbocycles. The molecule has 0 aliphatic carbocycles. The average molecular weight is 326 g/mol. The van der Waals surface area contributed by atoms with Gasteiger partial charge in [-0.05, 0) is 29.7 Å². The van der Waals surface area contributed by atoms with Crippen molar-refractivity contribution in [1.82, 2.24) is 9.97 Å². The lowest BCUT2D eigenvalue weighted by Crippen LogP contribution is -2.02. The van der Waals surface area contributed by atoms with E-state index < -0.39 is 0 Å². The summed E-state index contributed by atoms with van der Waals surface area (Å²) in [7, 11) is 0. The van der Waals surface area contributed by atoms with Crippen molar-refractivity contribution in [2.24, 2.45) is 0 Å². The monoisotopic (exact) mass is 324 g/mol. The number of aromatic nitrogens is 2. The van der Waals surface area contributed by atoms with Crippen molar-refractivity contribution in [1.29, 1.82) is 0 Å². The Kier molecular flexibility index (Phi) is 4.36. The van der Waals surface area contributed by atoms with E-state index in [2.05, 4.69) is 51.9 Å². The minimum atomic E-state index is 0.356. The molecule has 2 rings (SSSR count). The Bertz CT molecular complexity index is 538. The summed E-state index contributed by atoms with van der Waals surface area (Å²) in [5.41, 5.74) is 2.16. The van der Waals surface area contributed by atoms with Crippen molar-refractivity contribution in [3.8, 4) is 0 Å². The smallest absolute Gasteiger partial charge is 0.134 e. The third kappa shape index (κ3) is 3.53. The summed E-state index contributed by atoms with van der Waals surface area (Å²) < 4.78 is 1.07. The molecule has 1 aromatic carbocycles. The Morgan fingerprint density at radius 2 is 1.83 bits per heavy atom. The van der Waals surface area contributed by atoms with Crippen molar-refractivity contribution in [3.05, 3.63) is 57.0 Å². The number of nitrogens with zero attached hydrogens (tertiary/aromatic N) is 2. The minimum Gasteiger partial charge on any atom is -0.237 e. The molecule has 2 aromatic rings. The maximum atomic E-state index is 6.03. The van der Waals surface area contributed by atoms with Gasteiger partial charge in [0, 0.05) is 16.6 Å². The van der Waals surface area contributed by atoms with Crippen molar-refractivity contribution in [3.63, 3.8) is 0 Å². The first-order chi connectivity index (χ1) is 8.54. The molecule has 94 valence electrons. The second kappa shape index (κ2) is 5.81. The fourth-order valence-corrected chi connectivity index (χ4v) is 2.12. The molecule has 0 atom stereocenters. The van der Waals surface area contributed by atoms with Crippen LogP contribution in [0.3, 0.4) is 0 Å². The quantitative estimate of drug-likeness (QED) is 0.770. The van der Waals surface area contributed by atoms with Crippen LogP contribution >= 0.6 is 27.5 Å². The van der Waals surface area contributed by atoms with Crippen LogP contribution in [0, 0.1) is 0 Å². The predicted octanol–water partition coefficient (Wildman–Crippen LogP) is 4.61. The Balaban J connectivity index is 2.26. The molecule has 0 saturated heterocycles. The van der Waals surface area contributed by atoms with Gasteiger partial charge in [0.2, 0.25) is 0 Å². The Labute approximate surface area is 121 Å². The van der Waals surface area contributed by atoms with Gasteiger partial charge < -0.3 is 0 Å². The number of benzene rings is 1. The fraction of sp³-hybridized carbons (Fsp3) is 0.286. The Hall–Kier alpha value is -0.930. The first kappa shape index (κ1) is 13.5. The molecule has 0 spiro atoms. The standard InChI is InChI=1S/C14H14BrClN2/c1-9(2)12-8-13(16)18-14(17-12)7-10-3-5-11(15)6-4-10/h3-6,8-9H,7H2,1-2H3. The van der Waals surface area contributed by atoms with Gasteiger partial charge in [0.1, 0.15) is 11.0 Å². The molecule has 0 radical (unpaired) electrons. The lowest BCUT2D eigenvalue weighted by Gasteiger charge is -2.07. The zero-order chi connectivity index (χ0) is 13.1. The zero-order valence-electron chi connectivity index (χ0n) is 10.3. The van der Waals surface area contributed by atoms with E-state index in [1.165, 1.54) is 5.56 Å². The number of hydrogen-bond acceptors (Lipinski definition) is 2. The third-order valence-corrected chi connectivity index (χ3v) is 3.35. The Morgan fingerprint density at radius 1 is 1.17 bits per heavy atom. The van der Waals surface area contributed by atoms with Crippen molar-refractivity contribution in [2.45, 2.75) is 26.2 Å². The highest BCUT2D eigenvalue weighted by atomic mass is 79.9. The van der Waals surface area contributed by atoms with E-state index in [1.54, 1.807) is 0 Å². The first-order valence-corrected chi connectivity index (χ1v) is 6.99. The molecule has 1 heterocycles. The van der Waals surface area contributed by atoms with Gasteiger partial charge >= 0.3 is 0 Å². The molecular weight excluding hydrogens is 312 g/mol. The van der Waals surface area contributed by atoms with Gasteiger partial charge in [0.25, 0.3) is 0 Å². The molecule has 0 amide bonds. The second-order valence-electron chi connectivity index (χ2n) is 4.49. The topological polar surface area (TPSA) is 25.8 Å². The molecule has 0 N–H and O–H groups in total. The van der Waals surface area contributed by atoms with E-state index in [1.807, 2.05) is 18.2 Å². The molecule has 0 aliphatic heterocycles. The van der Waals surface area contributed by atoms with Crippen LogP contribution in [-0.4, -0.2) is 9.97 Å². The van der Waals surface area contributed by atoms with Crippen LogP contribution in [0.5, 0.6) is 0 Å². The van der Waals surface area contributed by atoms with Gasteiger partial charge in [-0.2, -0.15) is 0 Å². The molecular formula is C14H14BrClN2. The zero-order valence-corrected chi connectivity index (χ0v) is 12.7. The van der Waals surface area contributed by atoms with Crippen molar-refractivity contribution >= 4 is 27.5 Å². The molecule has 18 heavy (non-hydrogen) atoms. The number of rotatable bonds is 3. The van der Waals surface area contributed by atoms with Crippen LogP contribution in [-0.2, 0) is 6.42 Å². The van der Waals surface area contributed by atoms with Gasteiger partial charge in [-0.25, -0.2) is 9.97 Å². The molecule has 0 bridgehead atoms. The predicted molar refractivity (Wildman–Crippen MR) is 78.1 cm³/mol. The average Bonchev–Trinajstić information content (AvgIpc) is 2.31. The van der Waals surface area contributed by atoms with Gasteiger partial charge in [0.05, 0.1) is 0 Å². The summed E-state index contributed by atoms with van der Waals surface area (Å²) in [6.07, 6.45) is 0.702. The summed E-state index contributed by atoms with van der Waals surface area (Å²) in [5.74, 6) is 1.13. The molecule has 1 aromatic heterocycles.